The van der Waals surface area contributed by atoms with Gasteiger partial charge < -0.3 is 14.7 Å². The Hall–Kier alpha value is -2.66. The van der Waals surface area contributed by atoms with Gasteiger partial charge in [0.15, 0.2) is 12.3 Å². The van der Waals surface area contributed by atoms with E-state index in [9.17, 15) is 9.59 Å². The first kappa shape index (κ1) is 21.6. The molecule has 164 valence electrons. The second-order valence-corrected chi connectivity index (χ2v) is 8.91. The Morgan fingerprint density at radius 3 is 2.19 bits per heavy atom. The number of quaternary nitrogens is 1. The Labute approximate surface area is 185 Å². The Balaban J connectivity index is 1.37. The zero-order chi connectivity index (χ0) is 21.6. The number of hydrogen-bond acceptors (Lipinski definition) is 3. The summed E-state index contributed by atoms with van der Waals surface area (Å²) in [6.45, 7) is 5.91. The van der Waals surface area contributed by atoms with E-state index in [1.165, 1.54) is 24.2 Å². The van der Waals surface area contributed by atoms with Crippen molar-refractivity contribution in [1.29, 1.82) is 0 Å². The summed E-state index contributed by atoms with van der Waals surface area (Å²) in [6, 6.07) is 18.4. The first-order valence-corrected chi connectivity index (χ1v) is 11.7. The normalized spacial score (nSPS) is 18.0. The molecule has 1 N–H and O–H groups in total. The minimum Gasteiger partial charge on any atom is -0.360 e. The Kier molecular flexibility index (Phi) is 7.03. The standard InChI is InChI=1S/C26H33N3O2/c1-21(30)22-12-14-23(15-13-22)28-18-16-27(17-19-28)20-26(31)29(24-8-4-2-5-9-24)25-10-6-3-7-11-25/h2,4-5,8-9,12-15,25H,3,6-7,10-11,16-20H2,1H3/p+1. The van der Waals surface area contributed by atoms with Crippen LogP contribution in [0.1, 0.15) is 49.4 Å². The van der Waals surface area contributed by atoms with Crippen LogP contribution in [0.3, 0.4) is 0 Å². The van der Waals surface area contributed by atoms with E-state index in [1.807, 2.05) is 42.5 Å². The van der Waals surface area contributed by atoms with E-state index in [0.29, 0.717) is 12.6 Å². The number of piperazine rings is 1. The summed E-state index contributed by atoms with van der Waals surface area (Å²) in [5.74, 6) is 0.354. The Bertz CT molecular complexity index is 867. The van der Waals surface area contributed by atoms with Gasteiger partial charge in [-0.05, 0) is 56.2 Å². The fourth-order valence-electron chi connectivity index (χ4n) is 4.95. The maximum absolute atomic E-state index is 13.4. The summed E-state index contributed by atoms with van der Waals surface area (Å²) in [5, 5.41) is 0. The van der Waals surface area contributed by atoms with Gasteiger partial charge in [0.1, 0.15) is 0 Å². The molecule has 0 atom stereocenters. The molecular weight excluding hydrogens is 386 g/mol. The lowest BCUT2D eigenvalue weighted by Crippen LogP contribution is -3.16. The number of benzene rings is 2. The van der Waals surface area contributed by atoms with E-state index in [4.69, 9.17) is 0 Å². The quantitative estimate of drug-likeness (QED) is 0.731. The molecule has 1 aliphatic heterocycles. The van der Waals surface area contributed by atoms with E-state index in [0.717, 1.165) is 56.0 Å². The van der Waals surface area contributed by atoms with E-state index in [1.54, 1.807) is 6.92 Å². The zero-order valence-corrected chi connectivity index (χ0v) is 18.6. The van der Waals surface area contributed by atoms with Gasteiger partial charge in [-0.25, -0.2) is 0 Å². The molecule has 0 aromatic heterocycles. The van der Waals surface area contributed by atoms with Crippen molar-refractivity contribution >= 4 is 23.1 Å². The predicted molar refractivity (Wildman–Crippen MR) is 125 cm³/mol. The number of nitrogens with one attached hydrogen (secondary N) is 1. The van der Waals surface area contributed by atoms with Gasteiger partial charge in [-0.15, -0.1) is 0 Å². The van der Waals surface area contributed by atoms with Gasteiger partial charge in [0.2, 0.25) is 0 Å². The Morgan fingerprint density at radius 1 is 0.935 bits per heavy atom. The van der Waals surface area contributed by atoms with Crippen LogP contribution in [0.4, 0.5) is 11.4 Å². The maximum Gasteiger partial charge on any atom is 0.282 e. The number of carbonyl (C=O) groups is 2. The number of hydrogen-bond donors (Lipinski definition) is 1. The molecule has 1 heterocycles. The number of ketones is 1. The summed E-state index contributed by atoms with van der Waals surface area (Å²) < 4.78 is 0. The maximum atomic E-state index is 13.4. The first-order valence-electron chi connectivity index (χ1n) is 11.7. The molecule has 4 rings (SSSR count). The molecule has 1 saturated carbocycles. The number of rotatable bonds is 6. The van der Waals surface area contributed by atoms with Crippen molar-refractivity contribution < 1.29 is 14.5 Å². The minimum atomic E-state index is 0.0975. The number of para-hydroxylation sites is 1. The van der Waals surface area contributed by atoms with E-state index < -0.39 is 0 Å². The van der Waals surface area contributed by atoms with Crippen LogP contribution >= 0.6 is 0 Å². The molecule has 1 aliphatic carbocycles. The molecule has 1 saturated heterocycles. The van der Waals surface area contributed by atoms with Crippen molar-refractivity contribution in [1.82, 2.24) is 0 Å². The lowest BCUT2D eigenvalue weighted by Gasteiger charge is -2.37. The van der Waals surface area contributed by atoms with Gasteiger partial charge in [0.25, 0.3) is 5.91 Å². The highest BCUT2D eigenvalue weighted by Crippen LogP contribution is 2.27. The monoisotopic (exact) mass is 420 g/mol. The third-order valence-electron chi connectivity index (χ3n) is 6.75. The molecule has 0 bridgehead atoms. The van der Waals surface area contributed by atoms with Gasteiger partial charge in [0.05, 0.1) is 26.2 Å². The average molecular weight is 421 g/mol. The molecule has 0 radical (unpaired) electrons. The van der Waals surface area contributed by atoms with Gasteiger partial charge in [-0.1, -0.05) is 37.5 Å². The van der Waals surface area contributed by atoms with Crippen LogP contribution in [-0.2, 0) is 4.79 Å². The molecule has 5 nitrogen and oxygen atoms in total. The van der Waals surface area contributed by atoms with E-state index >= 15 is 0 Å². The van der Waals surface area contributed by atoms with Crippen molar-refractivity contribution in [2.45, 2.75) is 45.1 Å². The van der Waals surface area contributed by atoms with Crippen LogP contribution in [0.15, 0.2) is 54.6 Å². The average Bonchev–Trinajstić information content (AvgIpc) is 2.81. The zero-order valence-electron chi connectivity index (χ0n) is 18.6. The lowest BCUT2D eigenvalue weighted by molar-refractivity contribution is -0.892. The molecular formula is C26H34N3O2+. The fourth-order valence-corrected chi connectivity index (χ4v) is 4.95. The third-order valence-corrected chi connectivity index (χ3v) is 6.75. The summed E-state index contributed by atoms with van der Waals surface area (Å²) >= 11 is 0. The second kappa shape index (κ2) is 10.1. The SMILES string of the molecule is CC(=O)c1ccc(N2CC[NH+](CC(=O)N(c3ccccc3)C3CCCCC3)CC2)cc1. The number of nitrogens with zero attached hydrogens (tertiary/aromatic N) is 2. The van der Waals surface area contributed by atoms with Gasteiger partial charge in [-0.3, -0.25) is 9.59 Å². The number of anilines is 2. The third kappa shape index (κ3) is 5.34. The summed E-state index contributed by atoms with van der Waals surface area (Å²) in [6.07, 6.45) is 5.94. The molecule has 31 heavy (non-hydrogen) atoms. The van der Waals surface area contributed by atoms with Crippen molar-refractivity contribution in [2.24, 2.45) is 0 Å². The van der Waals surface area contributed by atoms with Crippen LogP contribution in [0.2, 0.25) is 0 Å². The lowest BCUT2D eigenvalue weighted by atomic mass is 9.93. The number of carbonyl (C=O) groups excluding carboxylic acids is 2. The highest BCUT2D eigenvalue weighted by Gasteiger charge is 2.30. The minimum absolute atomic E-state index is 0.0975. The van der Waals surface area contributed by atoms with Crippen molar-refractivity contribution in [3.63, 3.8) is 0 Å². The highest BCUT2D eigenvalue weighted by molar-refractivity contribution is 5.95. The number of amides is 1. The van der Waals surface area contributed by atoms with Crippen LogP contribution in [0.5, 0.6) is 0 Å². The van der Waals surface area contributed by atoms with Crippen molar-refractivity contribution in [3.05, 3.63) is 60.2 Å². The van der Waals surface area contributed by atoms with Gasteiger partial charge in [-0.2, -0.15) is 0 Å². The van der Waals surface area contributed by atoms with Crippen LogP contribution in [0, 0.1) is 0 Å². The smallest absolute Gasteiger partial charge is 0.282 e. The molecule has 1 amide bonds. The summed E-state index contributed by atoms with van der Waals surface area (Å²) in [5.41, 5.74) is 2.95. The largest absolute Gasteiger partial charge is 0.360 e. The predicted octanol–water partition coefficient (Wildman–Crippen LogP) is 2.96. The van der Waals surface area contributed by atoms with Crippen molar-refractivity contribution in [3.8, 4) is 0 Å². The Morgan fingerprint density at radius 2 is 1.58 bits per heavy atom. The molecule has 2 fully saturated rings. The highest BCUT2D eigenvalue weighted by atomic mass is 16.2. The van der Waals surface area contributed by atoms with Gasteiger partial charge >= 0.3 is 0 Å². The molecule has 5 heteroatoms. The van der Waals surface area contributed by atoms with Crippen LogP contribution < -0.4 is 14.7 Å². The summed E-state index contributed by atoms with van der Waals surface area (Å²) in [7, 11) is 0. The van der Waals surface area contributed by atoms with Crippen LogP contribution in [-0.4, -0.2) is 50.5 Å². The molecule has 2 aromatic rings. The fraction of sp³-hybridized carbons (Fsp3) is 0.462. The van der Waals surface area contributed by atoms with E-state index in [2.05, 4.69) is 21.9 Å². The molecule has 0 spiro atoms. The molecule has 2 aromatic carbocycles. The first-order chi connectivity index (χ1) is 15.1. The topological polar surface area (TPSA) is 45.1 Å². The van der Waals surface area contributed by atoms with Gasteiger partial charge in [0, 0.05) is 23.0 Å². The summed E-state index contributed by atoms with van der Waals surface area (Å²) in [4.78, 5) is 30.7. The van der Waals surface area contributed by atoms with Crippen LogP contribution in [0.25, 0.3) is 0 Å². The van der Waals surface area contributed by atoms with E-state index in [-0.39, 0.29) is 11.7 Å². The van der Waals surface area contributed by atoms with Crippen molar-refractivity contribution in [2.75, 3.05) is 42.5 Å². The molecule has 0 unspecified atom stereocenters. The number of Topliss-reactive ketones (excluding diaryl/α,β-unsaturated/α-hetero) is 1. The second-order valence-electron chi connectivity index (χ2n) is 8.91. The molecule has 2 aliphatic rings.